The number of hydrogen-bond acceptors (Lipinski definition) is 4. The molecule has 0 amide bonds. The molecular weight excluding hydrogens is 522 g/mol. The van der Waals surface area contributed by atoms with Crippen LogP contribution < -0.4 is 4.72 Å². The number of carboxylic acid groups (broad SMARTS) is 1. The van der Waals surface area contributed by atoms with Gasteiger partial charge in [0.25, 0.3) is 10.0 Å². The Labute approximate surface area is 201 Å². The smallest absolute Gasteiger partial charge is 0.417 e. The lowest BCUT2D eigenvalue weighted by molar-refractivity contribution is -0.137. The number of nitrogens with one attached hydrogen (secondary N) is 1. The number of thioether (sulfide) groups is 1. The molecule has 0 aliphatic heterocycles. The highest BCUT2D eigenvalue weighted by molar-refractivity contribution is 7.98. The van der Waals surface area contributed by atoms with Crippen molar-refractivity contribution in [1.82, 2.24) is 0 Å². The van der Waals surface area contributed by atoms with Gasteiger partial charge in [0.05, 0.1) is 26.7 Å². The molecule has 0 spiro atoms. The minimum Gasteiger partial charge on any atom is -0.478 e. The number of carboxylic acids is 1. The normalized spacial score (nSPS) is 11.9. The van der Waals surface area contributed by atoms with E-state index in [0.29, 0.717) is 22.3 Å². The van der Waals surface area contributed by atoms with Crippen molar-refractivity contribution in [2.24, 2.45) is 0 Å². The van der Waals surface area contributed by atoms with Gasteiger partial charge >= 0.3 is 12.1 Å². The van der Waals surface area contributed by atoms with Crippen molar-refractivity contribution in [1.29, 1.82) is 0 Å². The molecule has 0 aliphatic rings. The summed E-state index contributed by atoms with van der Waals surface area (Å²) in [4.78, 5) is 11.0. The third-order valence-corrected chi connectivity index (χ3v) is 7.38. The molecular formula is C21H14Cl2F3NO4S2. The van der Waals surface area contributed by atoms with Crippen LogP contribution >= 0.6 is 35.0 Å². The predicted octanol–water partition coefficient (Wildman–Crippen LogP) is 6.80. The van der Waals surface area contributed by atoms with Gasteiger partial charge in [-0.25, -0.2) is 13.2 Å². The van der Waals surface area contributed by atoms with E-state index in [-0.39, 0.29) is 16.3 Å². The molecule has 0 bridgehead atoms. The van der Waals surface area contributed by atoms with Crippen molar-refractivity contribution in [3.63, 3.8) is 0 Å². The Morgan fingerprint density at radius 1 is 1.03 bits per heavy atom. The molecule has 0 aromatic heterocycles. The largest absolute Gasteiger partial charge is 0.478 e. The number of hydrogen-bond donors (Lipinski definition) is 2. The highest BCUT2D eigenvalue weighted by Crippen LogP contribution is 2.37. The maximum absolute atomic E-state index is 13.1. The Kier molecular flexibility index (Phi) is 7.52. The molecule has 33 heavy (non-hydrogen) atoms. The van der Waals surface area contributed by atoms with Crippen LogP contribution in [0.25, 0.3) is 0 Å². The molecule has 3 rings (SSSR count). The average Bonchev–Trinajstić information content (AvgIpc) is 2.72. The summed E-state index contributed by atoms with van der Waals surface area (Å²) >= 11 is 12.8. The molecule has 5 nitrogen and oxygen atoms in total. The molecule has 0 radical (unpaired) electrons. The van der Waals surface area contributed by atoms with Gasteiger partial charge in [-0.15, -0.1) is 11.8 Å². The molecule has 0 aliphatic carbocycles. The minimum absolute atomic E-state index is 0.0606. The second-order valence-corrected chi connectivity index (χ2v) is 10.2. The van der Waals surface area contributed by atoms with Gasteiger partial charge in [0.1, 0.15) is 0 Å². The van der Waals surface area contributed by atoms with E-state index in [9.17, 15) is 26.4 Å². The summed E-state index contributed by atoms with van der Waals surface area (Å²) in [6.45, 7) is 0. The highest BCUT2D eigenvalue weighted by atomic mass is 35.5. The first-order chi connectivity index (χ1) is 15.4. The number of sulfonamides is 1. The van der Waals surface area contributed by atoms with E-state index in [1.807, 2.05) is 0 Å². The Morgan fingerprint density at radius 3 is 2.42 bits per heavy atom. The predicted molar refractivity (Wildman–Crippen MR) is 122 cm³/mol. The Bertz CT molecular complexity index is 1320. The van der Waals surface area contributed by atoms with Crippen LogP contribution in [0, 0.1) is 0 Å². The third kappa shape index (κ3) is 6.35. The van der Waals surface area contributed by atoms with E-state index in [0.717, 1.165) is 12.1 Å². The van der Waals surface area contributed by atoms with Gasteiger partial charge in [0, 0.05) is 15.7 Å². The first-order valence-electron chi connectivity index (χ1n) is 9.01. The van der Waals surface area contributed by atoms with Crippen LogP contribution in [0.3, 0.4) is 0 Å². The van der Waals surface area contributed by atoms with Crippen LogP contribution in [-0.2, 0) is 22.0 Å². The zero-order chi connectivity index (χ0) is 24.4. The van der Waals surface area contributed by atoms with E-state index in [4.69, 9.17) is 28.3 Å². The first kappa shape index (κ1) is 25.2. The fourth-order valence-corrected chi connectivity index (χ4v) is 5.24. The second-order valence-electron chi connectivity index (χ2n) is 6.68. The van der Waals surface area contributed by atoms with E-state index < -0.39 is 37.7 Å². The van der Waals surface area contributed by atoms with Crippen LogP contribution in [0.2, 0.25) is 10.0 Å². The van der Waals surface area contributed by atoms with Crippen LogP contribution in [0.5, 0.6) is 0 Å². The van der Waals surface area contributed by atoms with E-state index >= 15 is 0 Å². The minimum atomic E-state index is -4.83. The molecule has 0 saturated carbocycles. The van der Waals surface area contributed by atoms with E-state index in [1.54, 1.807) is 18.2 Å². The number of rotatable bonds is 7. The van der Waals surface area contributed by atoms with Gasteiger partial charge in [-0.2, -0.15) is 13.2 Å². The lowest BCUT2D eigenvalue weighted by atomic mass is 10.1. The maximum atomic E-state index is 13.1. The second kappa shape index (κ2) is 9.84. The summed E-state index contributed by atoms with van der Waals surface area (Å²) in [5.41, 5.74) is -0.430. The Balaban J connectivity index is 1.89. The SMILES string of the molecule is O=C(O)c1cccc(CSc2ccc(Cl)cc2NS(=O)(=O)c2ccc(Cl)c(C(F)(F)F)c2)c1. The molecule has 0 atom stereocenters. The number of alkyl halides is 3. The topological polar surface area (TPSA) is 83.5 Å². The van der Waals surface area contributed by atoms with Crippen LogP contribution in [0.1, 0.15) is 21.5 Å². The number of benzene rings is 3. The van der Waals surface area contributed by atoms with Crippen LogP contribution in [0.15, 0.2) is 70.5 Å². The van der Waals surface area contributed by atoms with Gasteiger partial charge in [-0.3, -0.25) is 4.72 Å². The van der Waals surface area contributed by atoms with Crippen LogP contribution in [0.4, 0.5) is 18.9 Å². The molecule has 3 aromatic rings. The summed E-state index contributed by atoms with van der Waals surface area (Å²) in [7, 11) is -4.41. The number of carbonyl (C=O) groups is 1. The number of halogens is 5. The maximum Gasteiger partial charge on any atom is 0.417 e. The summed E-state index contributed by atoms with van der Waals surface area (Å²) in [6, 6.07) is 12.9. The molecule has 0 fully saturated rings. The van der Waals surface area contributed by atoms with Crippen molar-refractivity contribution >= 4 is 56.6 Å². The average molecular weight is 536 g/mol. The van der Waals surface area contributed by atoms with Crippen molar-refractivity contribution in [3.05, 3.63) is 87.4 Å². The standard InChI is InChI=1S/C21H14Cl2F3NO4S2/c22-14-4-7-19(32-11-12-2-1-3-13(8-12)20(28)29)18(9-14)27-33(30,31)15-5-6-17(23)16(10-15)21(24,25)26/h1-10,27H,11H2,(H,28,29). The molecule has 12 heteroatoms. The Morgan fingerprint density at radius 2 is 1.76 bits per heavy atom. The molecule has 0 saturated heterocycles. The fraction of sp³-hybridized carbons (Fsp3) is 0.0952. The zero-order valence-corrected chi connectivity index (χ0v) is 19.5. The summed E-state index contributed by atoms with van der Waals surface area (Å²) in [6.07, 6.45) is -4.83. The lowest BCUT2D eigenvalue weighted by Gasteiger charge is -2.15. The molecule has 174 valence electrons. The molecule has 0 heterocycles. The fourth-order valence-electron chi connectivity index (χ4n) is 2.76. The summed E-state index contributed by atoms with van der Waals surface area (Å²) in [5, 5.41) is 8.70. The Hall–Kier alpha value is -2.40. The van der Waals surface area contributed by atoms with Crippen molar-refractivity contribution in [3.8, 4) is 0 Å². The molecule has 3 aromatic carbocycles. The third-order valence-electron chi connectivity index (χ3n) is 4.31. The van der Waals surface area contributed by atoms with Gasteiger partial charge in [0.2, 0.25) is 0 Å². The number of anilines is 1. The van der Waals surface area contributed by atoms with E-state index in [2.05, 4.69) is 4.72 Å². The van der Waals surface area contributed by atoms with Gasteiger partial charge in [-0.05, 0) is 54.1 Å². The lowest BCUT2D eigenvalue weighted by Crippen LogP contribution is -2.15. The molecule has 0 unspecified atom stereocenters. The zero-order valence-electron chi connectivity index (χ0n) is 16.4. The van der Waals surface area contributed by atoms with Crippen molar-refractivity contribution in [2.45, 2.75) is 21.7 Å². The van der Waals surface area contributed by atoms with Gasteiger partial charge in [0.15, 0.2) is 0 Å². The monoisotopic (exact) mass is 535 g/mol. The molecule has 2 N–H and O–H groups in total. The quantitative estimate of drug-likeness (QED) is 0.325. The first-order valence-corrected chi connectivity index (χ1v) is 12.2. The van der Waals surface area contributed by atoms with Gasteiger partial charge in [-0.1, -0.05) is 35.3 Å². The highest BCUT2D eigenvalue weighted by Gasteiger charge is 2.34. The van der Waals surface area contributed by atoms with Crippen molar-refractivity contribution in [2.75, 3.05) is 4.72 Å². The summed E-state index contributed by atoms with van der Waals surface area (Å²) in [5.74, 6) is -0.778. The van der Waals surface area contributed by atoms with Crippen molar-refractivity contribution < 1.29 is 31.5 Å². The van der Waals surface area contributed by atoms with E-state index in [1.165, 1.54) is 36.0 Å². The van der Waals surface area contributed by atoms with Gasteiger partial charge < -0.3 is 5.11 Å². The number of aromatic carboxylic acids is 1. The summed E-state index contributed by atoms with van der Waals surface area (Å²) < 4.78 is 67.3. The van der Waals surface area contributed by atoms with Crippen LogP contribution in [-0.4, -0.2) is 19.5 Å².